The molecule has 144 valence electrons. The van der Waals surface area contributed by atoms with Gasteiger partial charge in [0.15, 0.2) is 5.11 Å². The molecule has 3 rings (SSSR count). The molecule has 0 aromatic heterocycles. The van der Waals surface area contributed by atoms with Crippen LogP contribution in [0.15, 0.2) is 70.7 Å². The van der Waals surface area contributed by atoms with Gasteiger partial charge in [-0.3, -0.25) is 19.3 Å². The number of nitriles is 1. The topological polar surface area (TPSA) is 102 Å². The first-order chi connectivity index (χ1) is 13.9. The molecule has 1 atom stereocenters. The van der Waals surface area contributed by atoms with E-state index in [2.05, 4.69) is 26.6 Å². The van der Waals surface area contributed by atoms with E-state index in [1.807, 2.05) is 0 Å². The highest BCUT2D eigenvalue weighted by molar-refractivity contribution is 9.10. The molecule has 9 heteroatoms. The fraction of sp³-hybridized carbons (Fsp3) is 0.0500. The second-order valence-corrected chi connectivity index (χ2v) is 7.24. The van der Waals surface area contributed by atoms with Crippen molar-refractivity contribution in [1.82, 2.24) is 5.32 Å². The average Bonchev–Trinajstić information content (AvgIpc) is 2.70. The maximum Gasteiger partial charge on any atom is 0.266 e. The van der Waals surface area contributed by atoms with Crippen LogP contribution < -0.4 is 15.5 Å². The third-order valence-corrected chi connectivity index (χ3v) is 4.83. The number of nitrogens with zero attached hydrogens (tertiary/aromatic N) is 2. The third kappa shape index (κ3) is 4.56. The summed E-state index contributed by atoms with van der Waals surface area (Å²) in [6, 6.07) is 17.0. The molecule has 1 aliphatic heterocycles. The fourth-order valence-electron chi connectivity index (χ4n) is 2.62. The monoisotopic (exact) mass is 468 g/mol. The summed E-state index contributed by atoms with van der Waals surface area (Å²) >= 11 is 8.40. The van der Waals surface area contributed by atoms with E-state index in [1.54, 1.807) is 60.7 Å². The molecule has 1 fully saturated rings. The molecule has 29 heavy (non-hydrogen) atoms. The fourth-order valence-corrected chi connectivity index (χ4v) is 3.18. The van der Waals surface area contributed by atoms with E-state index in [4.69, 9.17) is 12.2 Å². The van der Waals surface area contributed by atoms with Gasteiger partial charge in [0.1, 0.15) is 17.6 Å². The molecule has 2 aromatic carbocycles. The van der Waals surface area contributed by atoms with E-state index in [1.165, 1.54) is 4.90 Å². The van der Waals surface area contributed by atoms with Crippen molar-refractivity contribution in [3.63, 3.8) is 0 Å². The van der Waals surface area contributed by atoms with Crippen LogP contribution in [0.1, 0.15) is 0 Å². The van der Waals surface area contributed by atoms with Crippen molar-refractivity contribution in [2.45, 2.75) is 0 Å². The number of benzene rings is 2. The molecule has 3 amide bonds. The maximum absolute atomic E-state index is 12.9. The van der Waals surface area contributed by atoms with E-state index in [-0.39, 0.29) is 10.7 Å². The van der Waals surface area contributed by atoms with Crippen LogP contribution in [-0.4, -0.2) is 22.8 Å². The summed E-state index contributed by atoms with van der Waals surface area (Å²) in [5.74, 6) is -3.44. The van der Waals surface area contributed by atoms with Crippen LogP contribution >= 0.6 is 28.1 Å². The van der Waals surface area contributed by atoms with Crippen LogP contribution in [0.5, 0.6) is 0 Å². The van der Waals surface area contributed by atoms with Crippen LogP contribution in [0.25, 0.3) is 0 Å². The van der Waals surface area contributed by atoms with Crippen molar-refractivity contribution in [2.24, 2.45) is 5.92 Å². The van der Waals surface area contributed by atoms with Crippen molar-refractivity contribution < 1.29 is 14.4 Å². The van der Waals surface area contributed by atoms with Gasteiger partial charge in [-0.05, 0) is 54.7 Å². The zero-order valence-electron chi connectivity index (χ0n) is 14.8. The molecule has 1 aliphatic rings. The highest BCUT2D eigenvalue weighted by atomic mass is 79.9. The van der Waals surface area contributed by atoms with E-state index in [0.29, 0.717) is 11.4 Å². The summed E-state index contributed by atoms with van der Waals surface area (Å²) in [5.41, 5.74) is 0.576. The van der Waals surface area contributed by atoms with Gasteiger partial charge in [0.2, 0.25) is 11.8 Å². The van der Waals surface area contributed by atoms with Gasteiger partial charge >= 0.3 is 0 Å². The molecule has 0 radical (unpaired) electrons. The summed E-state index contributed by atoms with van der Waals surface area (Å²) < 4.78 is 0.827. The molecule has 1 heterocycles. The molecule has 0 spiro atoms. The molecule has 2 N–H and O–H groups in total. The maximum atomic E-state index is 12.9. The number of nitrogens with one attached hydrogen (secondary N) is 2. The van der Waals surface area contributed by atoms with Crippen LogP contribution in [0.3, 0.4) is 0 Å². The number of rotatable bonds is 4. The lowest BCUT2D eigenvalue weighted by atomic mass is 10.0. The zero-order chi connectivity index (χ0) is 21.0. The minimum Gasteiger partial charge on any atom is -0.321 e. The lowest BCUT2D eigenvalue weighted by Gasteiger charge is -2.31. The predicted molar refractivity (Wildman–Crippen MR) is 115 cm³/mol. The number of carbonyl (C=O) groups excluding carboxylic acids is 3. The van der Waals surface area contributed by atoms with Gasteiger partial charge in [0.05, 0.1) is 5.69 Å². The Morgan fingerprint density at radius 3 is 2.45 bits per heavy atom. The van der Waals surface area contributed by atoms with Gasteiger partial charge in [-0.25, -0.2) is 0 Å². The Labute approximate surface area is 180 Å². The number of hydrogen-bond donors (Lipinski definition) is 2. The molecule has 1 saturated heterocycles. The summed E-state index contributed by atoms with van der Waals surface area (Å²) in [7, 11) is 0. The summed E-state index contributed by atoms with van der Waals surface area (Å²) in [4.78, 5) is 38.8. The lowest BCUT2D eigenvalue weighted by Crippen LogP contribution is -2.57. The quantitative estimate of drug-likeness (QED) is 0.310. The zero-order valence-corrected chi connectivity index (χ0v) is 17.2. The highest BCUT2D eigenvalue weighted by Crippen LogP contribution is 2.22. The van der Waals surface area contributed by atoms with Crippen molar-refractivity contribution >= 4 is 62.4 Å². The number of halogens is 1. The second kappa shape index (κ2) is 8.77. The number of hydrogen-bond acceptors (Lipinski definition) is 5. The smallest absolute Gasteiger partial charge is 0.266 e. The Balaban J connectivity index is 1.87. The molecular formula is C20H13BrN4O3S. The van der Waals surface area contributed by atoms with Gasteiger partial charge in [0.25, 0.3) is 5.91 Å². The number of anilines is 2. The van der Waals surface area contributed by atoms with Gasteiger partial charge in [0, 0.05) is 10.2 Å². The Morgan fingerprint density at radius 2 is 1.83 bits per heavy atom. The minimum atomic E-state index is -1.37. The van der Waals surface area contributed by atoms with Gasteiger partial charge in [-0.1, -0.05) is 34.1 Å². The number of amides is 3. The Kier molecular flexibility index (Phi) is 6.16. The van der Waals surface area contributed by atoms with Gasteiger partial charge in [-0.15, -0.1) is 0 Å². The Bertz CT molecular complexity index is 1060. The van der Waals surface area contributed by atoms with E-state index in [0.717, 1.165) is 10.5 Å². The van der Waals surface area contributed by atoms with Gasteiger partial charge in [-0.2, -0.15) is 5.26 Å². The summed E-state index contributed by atoms with van der Waals surface area (Å²) in [5, 5.41) is 14.3. The number of carbonyl (C=O) groups is 3. The lowest BCUT2D eigenvalue weighted by molar-refractivity contribution is -0.131. The van der Waals surface area contributed by atoms with Crippen molar-refractivity contribution in [3.8, 4) is 6.07 Å². The molecule has 2 aromatic rings. The summed E-state index contributed by atoms with van der Waals surface area (Å²) in [6.07, 6.45) is 1.05. The number of para-hydroxylation sites is 1. The largest absolute Gasteiger partial charge is 0.321 e. The third-order valence-electron chi connectivity index (χ3n) is 4.02. The molecule has 0 aliphatic carbocycles. The first-order valence-electron chi connectivity index (χ1n) is 8.33. The second-order valence-electron chi connectivity index (χ2n) is 5.93. The molecular weight excluding hydrogens is 456 g/mol. The first kappa shape index (κ1) is 20.4. The standard InChI is InChI=1S/C20H13BrN4O3S/c21-13-6-8-14(9-7-13)23-17(26)12(11-22)10-16-18(27)24-20(29)25(19(16)28)15-4-2-1-3-5-15/h1-10,16H,(H,23,26)(H,24,27,29)/b12-10-/t16-/m0/s1. The molecule has 0 unspecified atom stereocenters. The van der Waals surface area contributed by atoms with Crippen LogP contribution in [0.4, 0.5) is 11.4 Å². The van der Waals surface area contributed by atoms with E-state index >= 15 is 0 Å². The highest BCUT2D eigenvalue weighted by Gasteiger charge is 2.38. The van der Waals surface area contributed by atoms with Crippen molar-refractivity contribution in [1.29, 1.82) is 5.26 Å². The molecule has 7 nitrogen and oxygen atoms in total. The normalized spacial score (nSPS) is 16.8. The average molecular weight is 469 g/mol. The predicted octanol–water partition coefficient (Wildman–Crippen LogP) is 2.90. The van der Waals surface area contributed by atoms with Gasteiger partial charge < -0.3 is 10.6 Å². The summed E-state index contributed by atoms with van der Waals surface area (Å²) in [6.45, 7) is 0. The van der Waals surface area contributed by atoms with Crippen LogP contribution in [-0.2, 0) is 14.4 Å². The minimum absolute atomic E-state index is 0.0614. The van der Waals surface area contributed by atoms with Crippen molar-refractivity contribution in [2.75, 3.05) is 10.2 Å². The molecule has 0 bridgehead atoms. The number of thiocarbonyl (C=S) groups is 1. The van der Waals surface area contributed by atoms with Crippen LogP contribution in [0, 0.1) is 17.2 Å². The molecule has 0 saturated carbocycles. The first-order valence-corrected chi connectivity index (χ1v) is 9.53. The van der Waals surface area contributed by atoms with Crippen LogP contribution in [0.2, 0.25) is 0 Å². The Morgan fingerprint density at radius 1 is 1.17 bits per heavy atom. The van der Waals surface area contributed by atoms with E-state index < -0.39 is 23.6 Å². The SMILES string of the molecule is N#C/C(=C/[C@H]1C(=O)NC(=S)N(c2ccccc2)C1=O)C(=O)Nc1ccc(Br)cc1. The van der Waals surface area contributed by atoms with E-state index in [9.17, 15) is 19.6 Å². The van der Waals surface area contributed by atoms with Crippen molar-refractivity contribution in [3.05, 3.63) is 70.7 Å². The Hall–Kier alpha value is -3.35.